The summed E-state index contributed by atoms with van der Waals surface area (Å²) in [7, 11) is 0. The van der Waals surface area contributed by atoms with Gasteiger partial charge in [-0.3, -0.25) is 4.68 Å². The highest BCUT2D eigenvalue weighted by Gasteiger charge is 2.09. The lowest BCUT2D eigenvalue weighted by atomic mass is 10.1. The summed E-state index contributed by atoms with van der Waals surface area (Å²) in [5, 5.41) is 7.52. The van der Waals surface area contributed by atoms with E-state index in [2.05, 4.69) is 32.7 Å². The molecule has 0 unspecified atom stereocenters. The highest BCUT2D eigenvalue weighted by atomic mass is 15.3. The Bertz CT molecular complexity index is 509. The summed E-state index contributed by atoms with van der Waals surface area (Å²) in [4.78, 5) is 8.44. The minimum Gasteiger partial charge on any atom is -0.370 e. The van der Waals surface area contributed by atoms with E-state index in [0.29, 0.717) is 5.82 Å². The van der Waals surface area contributed by atoms with E-state index in [-0.39, 0.29) is 0 Å². The lowest BCUT2D eigenvalue weighted by molar-refractivity contribution is 0.591. The number of aryl methyl sites for hydroxylation is 1. The van der Waals surface area contributed by atoms with Gasteiger partial charge in [0.05, 0.1) is 0 Å². The van der Waals surface area contributed by atoms with Gasteiger partial charge in [-0.2, -0.15) is 5.10 Å². The zero-order valence-corrected chi connectivity index (χ0v) is 11.7. The van der Waals surface area contributed by atoms with Crippen molar-refractivity contribution in [1.29, 1.82) is 0 Å². The molecule has 0 aliphatic heterocycles. The number of aromatic nitrogens is 4. The normalized spacial score (nSPS) is 10.5. The Morgan fingerprint density at radius 1 is 1.30 bits per heavy atom. The fourth-order valence-corrected chi connectivity index (χ4v) is 2.06. The molecule has 0 atom stereocenters. The summed E-state index contributed by atoms with van der Waals surface area (Å²) in [6, 6.07) is 1.93. The molecule has 0 fully saturated rings. The van der Waals surface area contributed by atoms with Gasteiger partial charge in [0.2, 0.25) is 0 Å². The quantitative estimate of drug-likeness (QED) is 0.383. The van der Waals surface area contributed by atoms with Gasteiger partial charge in [0.1, 0.15) is 18.0 Å². The van der Waals surface area contributed by atoms with E-state index in [9.17, 15) is 0 Å². The molecule has 0 aliphatic carbocycles. The lowest BCUT2D eigenvalue weighted by Gasteiger charge is -2.13. The Kier molecular flexibility index (Phi) is 5.31. The fourth-order valence-electron chi connectivity index (χ4n) is 2.06. The van der Waals surface area contributed by atoms with E-state index in [4.69, 9.17) is 5.84 Å². The van der Waals surface area contributed by atoms with Gasteiger partial charge in [-0.25, -0.2) is 15.8 Å². The third-order valence-electron chi connectivity index (χ3n) is 3.00. The first-order chi connectivity index (χ1) is 9.85. The van der Waals surface area contributed by atoms with Gasteiger partial charge in [-0.15, -0.1) is 0 Å². The summed E-state index contributed by atoms with van der Waals surface area (Å²) in [6.07, 6.45) is 8.15. The van der Waals surface area contributed by atoms with Crippen LogP contribution in [-0.2, 0) is 13.0 Å². The number of hydrogen-bond acceptors (Lipinski definition) is 6. The minimum absolute atomic E-state index is 0.691. The maximum Gasteiger partial charge on any atom is 0.148 e. The van der Waals surface area contributed by atoms with Crippen molar-refractivity contribution in [2.24, 2.45) is 5.84 Å². The molecule has 2 aromatic rings. The standard InChI is InChI=1S/C13H21N7/c1-2-5-11-12(16-10-17-13(11)19-14)15-6-3-8-20-9-4-7-18-20/h4,7,9-10H,2-3,5-6,8,14H2,1H3,(H2,15,16,17,19). The lowest BCUT2D eigenvalue weighted by Crippen LogP contribution is -2.15. The Balaban J connectivity index is 1.91. The van der Waals surface area contributed by atoms with Crippen LogP contribution in [0.15, 0.2) is 24.8 Å². The van der Waals surface area contributed by atoms with Gasteiger partial charge in [0.25, 0.3) is 0 Å². The van der Waals surface area contributed by atoms with Crippen LogP contribution in [0.2, 0.25) is 0 Å². The molecule has 4 N–H and O–H groups in total. The number of rotatable bonds is 8. The summed E-state index contributed by atoms with van der Waals surface area (Å²) in [5.74, 6) is 7.04. The van der Waals surface area contributed by atoms with Crippen LogP contribution in [0.5, 0.6) is 0 Å². The van der Waals surface area contributed by atoms with Crippen molar-refractivity contribution in [3.8, 4) is 0 Å². The van der Waals surface area contributed by atoms with Crippen LogP contribution in [0.25, 0.3) is 0 Å². The third kappa shape index (κ3) is 3.67. The Morgan fingerprint density at radius 2 is 2.15 bits per heavy atom. The highest BCUT2D eigenvalue weighted by Crippen LogP contribution is 2.20. The average molecular weight is 275 g/mol. The predicted octanol–water partition coefficient (Wildman–Crippen LogP) is 1.41. The van der Waals surface area contributed by atoms with Crippen molar-refractivity contribution in [2.45, 2.75) is 32.7 Å². The van der Waals surface area contributed by atoms with E-state index in [1.165, 1.54) is 6.33 Å². The minimum atomic E-state index is 0.691. The van der Waals surface area contributed by atoms with Crippen LogP contribution in [-0.4, -0.2) is 26.3 Å². The maximum atomic E-state index is 5.49. The molecular formula is C13H21N7. The van der Waals surface area contributed by atoms with Gasteiger partial charge < -0.3 is 10.7 Å². The van der Waals surface area contributed by atoms with Crippen molar-refractivity contribution in [2.75, 3.05) is 17.3 Å². The molecule has 0 aromatic carbocycles. The fraction of sp³-hybridized carbons (Fsp3) is 0.462. The first kappa shape index (κ1) is 14.3. The molecular weight excluding hydrogens is 254 g/mol. The summed E-state index contributed by atoms with van der Waals surface area (Å²) in [6.45, 7) is 3.84. The second-order valence-electron chi connectivity index (χ2n) is 4.49. The topological polar surface area (TPSA) is 93.7 Å². The number of hydrazine groups is 1. The van der Waals surface area contributed by atoms with Gasteiger partial charge in [0.15, 0.2) is 0 Å². The molecule has 0 bridgehead atoms. The molecule has 2 aromatic heterocycles. The Morgan fingerprint density at radius 3 is 2.85 bits per heavy atom. The SMILES string of the molecule is CCCc1c(NN)ncnc1NCCCn1cccn1. The molecule has 20 heavy (non-hydrogen) atoms. The van der Waals surface area contributed by atoms with Crippen molar-refractivity contribution in [3.63, 3.8) is 0 Å². The Hall–Kier alpha value is -2.15. The van der Waals surface area contributed by atoms with Crippen molar-refractivity contribution in [3.05, 3.63) is 30.4 Å². The molecule has 0 amide bonds. The van der Waals surface area contributed by atoms with Crippen LogP contribution >= 0.6 is 0 Å². The highest BCUT2D eigenvalue weighted by molar-refractivity contribution is 5.56. The van der Waals surface area contributed by atoms with E-state index in [1.54, 1.807) is 6.20 Å². The second kappa shape index (κ2) is 7.44. The first-order valence-corrected chi connectivity index (χ1v) is 6.87. The van der Waals surface area contributed by atoms with Gasteiger partial charge in [-0.1, -0.05) is 13.3 Å². The molecule has 2 rings (SSSR count). The van der Waals surface area contributed by atoms with Crippen LogP contribution in [0.1, 0.15) is 25.3 Å². The third-order valence-corrected chi connectivity index (χ3v) is 3.00. The number of nitrogens with zero attached hydrogens (tertiary/aromatic N) is 4. The number of hydrogen-bond donors (Lipinski definition) is 3. The second-order valence-corrected chi connectivity index (χ2v) is 4.49. The number of nitrogens with one attached hydrogen (secondary N) is 2. The molecule has 108 valence electrons. The molecule has 0 aliphatic rings. The summed E-state index contributed by atoms with van der Waals surface area (Å²) >= 11 is 0. The Labute approximate surface area is 118 Å². The van der Waals surface area contributed by atoms with E-state index in [1.807, 2.05) is 16.9 Å². The van der Waals surface area contributed by atoms with E-state index >= 15 is 0 Å². The van der Waals surface area contributed by atoms with Crippen LogP contribution < -0.4 is 16.6 Å². The van der Waals surface area contributed by atoms with Crippen LogP contribution in [0.4, 0.5) is 11.6 Å². The summed E-state index contributed by atoms with van der Waals surface area (Å²) < 4.78 is 1.92. The summed E-state index contributed by atoms with van der Waals surface area (Å²) in [5.41, 5.74) is 3.67. The van der Waals surface area contributed by atoms with Gasteiger partial charge >= 0.3 is 0 Å². The number of nitrogens with two attached hydrogens (primary N) is 1. The molecule has 7 nitrogen and oxygen atoms in total. The zero-order valence-electron chi connectivity index (χ0n) is 11.7. The molecule has 0 spiro atoms. The van der Waals surface area contributed by atoms with Crippen molar-refractivity contribution < 1.29 is 0 Å². The van der Waals surface area contributed by atoms with Crippen LogP contribution in [0.3, 0.4) is 0 Å². The molecule has 7 heteroatoms. The monoisotopic (exact) mass is 275 g/mol. The number of anilines is 2. The molecule has 2 heterocycles. The zero-order chi connectivity index (χ0) is 14.2. The number of nitrogen functional groups attached to an aromatic ring is 1. The maximum absolute atomic E-state index is 5.49. The first-order valence-electron chi connectivity index (χ1n) is 6.87. The van der Waals surface area contributed by atoms with Gasteiger partial charge in [0, 0.05) is 31.0 Å². The average Bonchev–Trinajstić information content (AvgIpc) is 2.98. The van der Waals surface area contributed by atoms with Gasteiger partial charge in [-0.05, 0) is 18.9 Å². The van der Waals surface area contributed by atoms with E-state index < -0.39 is 0 Å². The molecule has 0 saturated heterocycles. The molecule has 0 radical (unpaired) electrons. The van der Waals surface area contributed by atoms with Crippen molar-refractivity contribution in [1.82, 2.24) is 19.7 Å². The smallest absolute Gasteiger partial charge is 0.148 e. The largest absolute Gasteiger partial charge is 0.370 e. The predicted molar refractivity (Wildman–Crippen MR) is 79.2 cm³/mol. The van der Waals surface area contributed by atoms with E-state index in [0.717, 1.165) is 43.7 Å². The van der Waals surface area contributed by atoms with Crippen molar-refractivity contribution >= 4 is 11.6 Å². The van der Waals surface area contributed by atoms with Crippen LogP contribution in [0, 0.1) is 0 Å². The molecule has 0 saturated carbocycles.